The highest BCUT2D eigenvalue weighted by Gasteiger charge is 2.21. The molecule has 2 heterocycles. The zero-order valence-electron chi connectivity index (χ0n) is 17.5. The third-order valence-electron chi connectivity index (χ3n) is 5.28. The number of phenols is 1. The Balaban J connectivity index is 1.30. The van der Waals surface area contributed by atoms with Gasteiger partial charge in [0.1, 0.15) is 11.5 Å². The first kappa shape index (κ1) is 20.5. The molecule has 0 aliphatic carbocycles. The van der Waals surface area contributed by atoms with E-state index in [1.807, 2.05) is 30.3 Å². The van der Waals surface area contributed by atoms with E-state index in [9.17, 15) is 9.90 Å². The Labute approximate surface area is 181 Å². The highest BCUT2D eigenvalue weighted by atomic mass is 16.5. The number of anilines is 2. The normalized spacial score (nSPS) is 13.7. The first-order valence-electron chi connectivity index (χ1n) is 10.4. The van der Waals surface area contributed by atoms with Crippen molar-refractivity contribution in [3.8, 4) is 17.4 Å². The number of aryl methyl sites for hydroxylation is 1. The number of aromatic hydroxyl groups is 1. The number of carbonyl (C=O) groups excluding carboxylic acids is 1. The van der Waals surface area contributed by atoms with Crippen LogP contribution < -0.4 is 15.0 Å². The van der Waals surface area contributed by atoms with E-state index in [0.717, 1.165) is 17.9 Å². The molecule has 1 fully saturated rings. The van der Waals surface area contributed by atoms with Gasteiger partial charge in [0, 0.05) is 44.0 Å². The first-order valence-corrected chi connectivity index (χ1v) is 10.4. The van der Waals surface area contributed by atoms with E-state index >= 15 is 0 Å². The maximum Gasteiger partial charge on any atom is 0.322 e. The highest BCUT2D eigenvalue weighted by molar-refractivity contribution is 5.89. The summed E-state index contributed by atoms with van der Waals surface area (Å²) in [6.07, 6.45) is 2.54. The molecule has 0 bridgehead atoms. The Kier molecular flexibility index (Phi) is 6.21. The Hall–Kier alpha value is -3.74. The van der Waals surface area contributed by atoms with Crippen LogP contribution in [0.5, 0.6) is 17.4 Å². The largest absolute Gasteiger partial charge is 0.508 e. The average molecular weight is 418 g/mol. The van der Waals surface area contributed by atoms with Gasteiger partial charge in [-0.25, -0.2) is 9.78 Å². The minimum absolute atomic E-state index is 0.151. The lowest BCUT2D eigenvalue weighted by Gasteiger charge is -2.36. The minimum Gasteiger partial charge on any atom is -0.508 e. The zero-order valence-corrected chi connectivity index (χ0v) is 17.5. The number of pyridine rings is 1. The van der Waals surface area contributed by atoms with Crippen LogP contribution in [0, 0.1) is 0 Å². The smallest absolute Gasteiger partial charge is 0.322 e. The lowest BCUT2D eigenvalue weighted by molar-refractivity contribution is 0.208. The molecule has 2 amide bonds. The number of nitrogens with zero attached hydrogens (tertiary/aromatic N) is 3. The fourth-order valence-electron chi connectivity index (χ4n) is 3.52. The van der Waals surface area contributed by atoms with E-state index in [1.54, 1.807) is 35.4 Å². The number of benzene rings is 2. The number of ether oxygens (including phenoxy) is 1. The van der Waals surface area contributed by atoms with Gasteiger partial charge in [0.25, 0.3) is 0 Å². The van der Waals surface area contributed by atoms with Crippen LogP contribution in [0.1, 0.15) is 12.5 Å². The van der Waals surface area contributed by atoms with Gasteiger partial charge in [-0.05, 0) is 42.3 Å². The predicted molar refractivity (Wildman–Crippen MR) is 121 cm³/mol. The van der Waals surface area contributed by atoms with E-state index < -0.39 is 0 Å². The van der Waals surface area contributed by atoms with E-state index in [-0.39, 0.29) is 11.8 Å². The van der Waals surface area contributed by atoms with Gasteiger partial charge in [-0.2, -0.15) is 0 Å². The van der Waals surface area contributed by atoms with Gasteiger partial charge in [-0.15, -0.1) is 0 Å². The number of urea groups is 1. The summed E-state index contributed by atoms with van der Waals surface area (Å²) in [4.78, 5) is 20.8. The highest BCUT2D eigenvalue weighted by Crippen LogP contribution is 2.23. The molecule has 4 rings (SSSR count). The maximum absolute atomic E-state index is 12.6. The Bertz CT molecular complexity index is 1030. The molecule has 1 saturated heterocycles. The second kappa shape index (κ2) is 9.38. The number of piperazine rings is 1. The van der Waals surface area contributed by atoms with Crippen molar-refractivity contribution in [1.29, 1.82) is 0 Å². The summed E-state index contributed by atoms with van der Waals surface area (Å²) in [7, 11) is 0. The summed E-state index contributed by atoms with van der Waals surface area (Å²) < 4.78 is 5.80. The summed E-state index contributed by atoms with van der Waals surface area (Å²) in [5, 5.41) is 12.6. The second-order valence-electron chi connectivity index (χ2n) is 7.41. The molecule has 3 aromatic rings. The van der Waals surface area contributed by atoms with Crippen LogP contribution in [-0.4, -0.2) is 47.2 Å². The van der Waals surface area contributed by atoms with Crippen molar-refractivity contribution in [2.24, 2.45) is 0 Å². The molecule has 0 radical (unpaired) electrons. The fraction of sp³-hybridized carbons (Fsp3) is 0.250. The molecule has 0 spiro atoms. The Morgan fingerprint density at radius 3 is 2.58 bits per heavy atom. The van der Waals surface area contributed by atoms with Crippen molar-refractivity contribution in [3.05, 3.63) is 72.4 Å². The Morgan fingerprint density at radius 2 is 1.87 bits per heavy atom. The summed E-state index contributed by atoms with van der Waals surface area (Å²) in [6, 6.07) is 18.5. The first-order chi connectivity index (χ1) is 15.1. The zero-order chi connectivity index (χ0) is 21.6. The van der Waals surface area contributed by atoms with Crippen LogP contribution >= 0.6 is 0 Å². The standard InChI is InChI=1S/C24H26N4O3/c1-2-18-5-3-8-22(15-18)31-23-10-9-19(17-25-23)26-24(30)28-13-11-27(12-14-28)20-6-4-7-21(29)16-20/h3-10,15-17,29H,2,11-14H2,1H3,(H,26,30). The van der Waals surface area contributed by atoms with Gasteiger partial charge in [-0.3, -0.25) is 0 Å². The van der Waals surface area contributed by atoms with Gasteiger partial charge < -0.3 is 25.0 Å². The molecule has 1 aromatic heterocycles. The lowest BCUT2D eigenvalue weighted by Crippen LogP contribution is -2.50. The predicted octanol–water partition coefficient (Wildman–Crippen LogP) is 4.50. The van der Waals surface area contributed by atoms with Gasteiger partial charge >= 0.3 is 6.03 Å². The Morgan fingerprint density at radius 1 is 1.06 bits per heavy atom. The van der Waals surface area contributed by atoms with Gasteiger partial charge in [0.2, 0.25) is 5.88 Å². The number of aromatic nitrogens is 1. The molecule has 31 heavy (non-hydrogen) atoms. The van der Waals surface area contributed by atoms with Crippen LogP contribution in [0.3, 0.4) is 0 Å². The maximum atomic E-state index is 12.6. The summed E-state index contributed by atoms with van der Waals surface area (Å²) >= 11 is 0. The lowest BCUT2D eigenvalue weighted by atomic mass is 10.2. The summed E-state index contributed by atoms with van der Waals surface area (Å²) in [5.74, 6) is 1.47. The van der Waals surface area contributed by atoms with Crippen LogP contribution in [-0.2, 0) is 6.42 Å². The molecular weight excluding hydrogens is 392 g/mol. The number of amides is 2. The third-order valence-corrected chi connectivity index (χ3v) is 5.28. The molecule has 0 unspecified atom stereocenters. The summed E-state index contributed by atoms with van der Waals surface area (Å²) in [5.41, 5.74) is 2.78. The number of phenolic OH excluding ortho intramolecular Hbond substituents is 1. The molecule has 0 saturated carbocycles. The second-order valence-corrected chi connectivity index (χ2v) is 7.41. The van der Waals surface area contributed by atoms with Crippen LogP contribution in [0.4, 0.5) is 16.2 Å². The number of nitrogens with one attached hydrogen (secondary N) is 1. The number of rotatable bonds is 5. The quantitative estimate of drug-likeness (QED) is 0.638. The minimum atomic E-state index is -0.151. The monoisotopic (exact) mass is 418 g/mol. The number of hydrogen-bond acceptors (Lipinski definition) is 5. The van der Waals surface area contributed by atoms with E-state index in [2.05, 4.69) is 28.2 Å². The van der Waals surface area contributed by atoms with Crippen molar-refractivity contribution in [1.82, 2.24) is 9.88 Å². The topological polar surface area (TPSA) is 77.9 Å². The van der Waals surface area contributed by atoms with Gasteiger partial charge in [-0.1, -0.05) is 25.1 Å². The SMILES string of the molecule is CCc1cccc(Oc2ccc(NC(=O)N3CCN(c4cccc(O)c4)CC3)cn2)c1. The molecule has 2 aromatic carbocycles. The van der Waals surface area contributed by atoms with Crippen molar-refractivity contribution >= 4 is 17.4 Å². The van der Waals surface area contributed by atoms with Crippen LogP contribution in [0.15, 0.2) is 66.9 Å². The molecule has 160 valence electrons. The molecule has 1 aliphatic rings. The molecule has 1 aliphatic heterocycles. The van der Waals surface area contributed by atoms with Crippen LogP contribution in [0.25, 0.3) is 0 Å². The molecular formula is C24H26N4O3. The van der Waals surface area contributed by atoms with Crippen molar-refractivity contribution in [2.45, 2.75) is 13.3 Å². The average Bonchev–Trinajstić information content (AvgIpc) is 2.80. The third kappa shape index (κ3) is 5.25. The number of hydrogen-bond donors (Lipinski definition) is 2. The molecule has 7 nitrogen and oxygen atoms in total. The van der Waals surface area contributed by atoms with Crippen molar-refractivity contribution < 1.29 is 14.6 Å². The molecule has 2 N–H and O–H groups in total. The van der Waals surface area contributed by atoms with Gasteiger partial charge in [0.15, 0.2) is 0 Å². The van der Waals surface area contributed by atoms with E-state index in [1.165, 1.54) is 5.56 Å². The van der Waals surface area contributed by atoms with Crippen molar-refractivity contribution in [2.75, 3.05) is 36.4 Å². The van der Waals surface area contributed by atoms with Crippen molar-refractivity contribution in [3.63, 3.8) is 0 Å². The van der Waals surface area contributed by atoms with E-state index in [0.29, 0.717) is 37.7 Å². The number of carbonyl (C=O) groups is 1. The molecule has 0 atom stereocenters. The van der Waals surface area contributed by atoms with Crippen LogP contribution in [0.2, 0.25) is 0 Å². The van der Waals surface area contributed by atoms with E-state index in [4.69, 9.17) is 4.74 Å². The molecule has 7 heteroatoms. The summed E-state index contributed by atoms with van der Waals surface area (Å²) in [6.45, 7) is 4.71. The van der Waals surface area contributed by atoms with Gasteiger partial charge in [0.05, 0.1) is 11.9 Å². The fourth-order valence-corrected chi connectivity index (χ4v) is 3.52.